The van der Waals surface area contributed by atoms with Crippen molar-refractivity contribution in [3.63, 3.8) is 0 Å². The molecule has 0 amide bonds. The smallest absolute Gasteiger partial charge is 0.0556 e. The second-order valence-corrected chi connectivity index (χ2v) is 3.90. The zero-order valence-corrected chi connectivity index (χ0v) is 9.92. The highest BCUT2D eigenvalue weighted by molar-refractivity contribution is 5.25. The number of rotatable bonds is 4. The molecule has 2 nitrogen and oxygen atoms in total. The zero-order valence-electron chi connectivity index (χ0n) is 9.92. The van der Waals surface area contributed by atoms with Gasteiger partial charge in [0.25, 0.3) is 0 Å². The summed E-state index contributed by atoms with van der Waals surface area (Å²) in [5.74, 6) is 0. The van der Waals surface area contributed by atoms with Crippen LogP contribution in [0, 0.1) is 0 Å². The van der Waals surface area contributed by atoms with E-state index < -0.39 is 0 Å². The summed E-state index contributed by atoms with van der Waals surface area (Å²) in [4.78, 5) is 2.45. The Morgan fingerprint density at radius 2 is 1.93 bits per heavy atom. The molecule has 15 heavy (non-hydrogen) atoms. The lowest BCUT2D eigenvalue weighted by Gasteiger charge is -2.31. The van der Waals surface area contributed by atoms with E-state index >= 15 is 0 Å². The van der Waals surface area contributed by atoms with Gasteiger partial charge >= 0.3 is 0 Å². The van der Waals surface area contributed by atoms with Crippen LogP contribution in [0.15, 0.2) is 36.2 Å². The molecule has 0 aromatic heterocycles. The third kappa shape index (κ3) is 3.46. The second-order valence-electron chi connectivity index (χ2n) is 3.90. The monoisotopic (exact) mass is 206 g/mol. The molecule has 1 rings (SSSR count). The van der Waals surface area contributed by atoms with Crippen LogP contribution in [0.25, 0.3) is 0 Å². The van der Waals surface area contributed by atoms with E-state index in [1.165, 1.54) is 43.7 Å². The second kappa shape index (κ2) is 6.33. The molecule has 1 fully saturated rings. The summed E-state index contributed by atoms with van der Waals surface area (Å²) in [6, 6.07) is 0. The highest BCUT2D eigenvalue weighted by Crippen LogP contribution is 2.17. The standard InChI is InChI=1S/C13H22N2/c1-4-5-9-13(12(2)14-3)15-10-7-6-8-11-15/h4-5,9,14H,1,6-8,10-11H2,2-3H3/b9-5-,13-12-. The molecule has 2 heteroatoms. The van der Waals surface area contributed by atoms with E-state index in [1.54, 1.807) is 0 Å². The van der Waals surface area contributed by atoms with Crippen LogP contribution >= 0.6 is 0 Å². The van der Waals surface area contributed by atoms with Crippen LogP contribution in [-0.4, -0.2) is 25.0 Å². The molecular formula is C13H22N2. The molecule has 1 saturated heterocycles. The van der Waals surface area contributed by atoms with Crippen LogP contribution in [0.2, 0.25) is 0 Å². The average Bonchev–Trinajstić information content (AvgIpc) is 2.30. The molecule has 0 unspecified atom stereocenters. The third-order valence-corrected chi connectivity index (χ3v) is 2.85. The Bertz CT molecular complexity index is 258. The Hall–Kier alpha value is -1.18. The molecule has 84 valence electrons. The van der Waals surface area contributed by atoms with Gasteiger partial charge in [0.05, 0.1) is 5.70 Å². The molecule has 0 aromatic carbocycles. The number of piperidine rings is 1. The predicted molar refractivity (Wildman–Crippen MR) is 66.5 cm³/mol. The Morgan fingerprint density at radius 1 is 1.27 bits per heavy atom. The van der Waals surface area contributed by atoms with Gasteiger partial charge in [-0.05, 0) is 32.3 Å². The van der Waals surface area contributed by atoms with Crippen molar-refractivity contribution >= 4 is 0 Å². The number of hydrogen-bond donors (Lipinski definition) is 1. The van der Waals surface area contributed by atoms with E-state index in [2.05, 4.69) is 29.8 Å². The molecule has 0 aromatic rings. The molecule has 1 N–H and O–H groups in total. The molecule has 0 bridgehead atoms. The van der Waals surface area contributed by atoms with Crippen LogP contribution in [-0.2, 0) is 0 Å². The van der Waals surface area contributed by atoms with Crippen molar-refractivity contribution in [2.45, 2.75) is 26.2 Å². The van der Waals surface area contributed by atoms with Crippen LogP contribution < -0.4 is 5.32 Å². The maximum atomic E-state index is 3.71. The minimum absolute atomic E-state index is 1.18. The van der Waals surface area contributed by atoms with Crippen molar-refractivity contribution in [3.05, 3.63) is 36.2 Å². The van der Waals surface area contributed by atoms with E-state index in [0.717, 1.165) is 0 Å². The van der Waals surface area contributed by atoms with Crippen LogP contribution in [0.4, 0.5) is 0 Å². The summed E-state index contributed by atoms with van der Waals surface area (Å²) in [6.45, 7) is 8.19. The largest absolute Gasteiger partial charge is 0.390 e. The lowest BCUT2D eigenvalue weighted by atomic mass is 10.1. The van der Waals surface area contributed by atoms with E-state index in [0.29, 0.717) is 0 Å². The van der Waals surface area contributed by atoms with Gasteiger partial charge in [-0.15, -0.1) is 0 Å². The fourth-order valence-corrected chi connectivity index (χ4v) is 1.89. The summed E-state index contributed by atoms with van der Waals surface area (Å²) < 4.78 is 0. The van der Waals surface area contributed by atoms with Crippen molar-refractivity contribution in [1.82, 2.24) is 10.2 Å². The number of likely N-dealkylation sites (tertiary alicyclic amines) is 1. The SMILES string of the molecule is C=C/C=C\C(=C(/C)NC)N1CCCCC1. The molecule has 0 aliphatic carbocycles. The van der Waals surface area contributed by atoms with E-state index in [1.807, 2.05) is 19.2 Å². The summed E-state index contributed by atoms with van der Waals surface area (Å²) in [5.41, 5.74) is 2.53. The van der Waals surface area contributed by atoms with Crippen molar-refractivity contribution in [1.29, 1.82) is 0 Å². The van der Waals surface area contributed by atoms with Crippen LogP contribution in [0.3, 0.4) is 0 Å². The zero-order chi connectivity index (χ0) is 11.1. The van der Waals surface area contributed by atoms with Gasteiger partial charge in [-0.1, -0.05) is 18.7 Å². The van der Waals surface area contributed by atoms with Gasteiger partial charge in [-0.2, -0.15) is 0 Å². The summed E-state index contributed by atoms with van der Waals surface area (Å²) in [6.07, 6.45) is 9.96. The normalized spacial score (nSPS) is 18.9. The van der Waals surface area contributed by atoms with Gasteiger partial charge in [-0.3, -0.25) is 0 Å². The summed E-state index contributed by atoms with van der Waals surface area (Å²) in [7, 11) is 1.97. The van der Waals surface area contributed by atoms with Crippen molar-refractivity contribution in [2.75, 3.05) is 20.1 Å². The summed E-state index contributed by atoms with van der Waals surface area (Å²) in [5, 5.41) is 3.22. The topological polar surface area (TPSA) is 15.3 Å². The first-order valence-corrected chi connectivity index (χ1v) is 5.72. The number of hydrogen-bond acceptors (Lipinski definition) is 2. The van der Waals surface area contributed by atoms with Crippen LogP contribution in [0.5, 0.6) is 0 Å². The van der Waals surface area contributed by atoms with Gasteiger partial charge in [-0.25, -0.2) is 0 Å². The Labute approximate surface area is 93.4 Å². The highest BCUT2D eigenvalue weighted by Gasteiger charge is 2.12. The van der Waals surface area contributed by atoms with Crippen molar-refractivity contribution in [2.24, 2.45) is 0 Å². The van der Waals surface area contributed by atoms with Crippen molar-refractivity contribution < 1.29 is 0 Å². The fraction of sp³-hybridized carbons (Fsp3) is 0.538. The minimum Gasteiger partial charge on any atom is -0.390 e. The molecule has 1 heterocycles. The van der Waals surface area contributed by atoms with E-state index in [9.17, 15) is 0 Å². The van der Waals surface area contributed by atoms with Gasteiger partial charge in [0.2, 0.25) is 0 Å². The number of nitrogens with one attached hydrogen (secondary N) is 1. The van der Waals surface area contributed by atoms with Crippen molar-refractivity contribution in [3.8, 4) is 0 Å². The molecule has 0 atom stereocenters. The Balaban J connectivity index is 2.79. The first kappa shape index (κ1) is 11.9. The maximum Gasteiger partial charge on any atom is 0.0556 e. The van der Waals surface area contributed by atoms with E-state index in [4.69, 9.17) is 0 Å². The Kier molecular flexibility index (Phi) is 5.02. The van der Waals surface area contributed by atoms with Gasteiger partial charge in [0, 0.05) is 25.8 Å². The lowest BCUT2D eigenvalue weighted by Crippen LogP contribution is -2.30. The predicted octanol–water partition coefficient (Wildman–Crippen LogP) is 2.67. The molecular weight excluding hydrogens is 184 g/mol. The molecule has 1 aliphatic heterocycles. The third-order valence-electron chi connectivity index (χ3n) is 2.85. The minimum atomic E-state index is 1.18. The molecule has 0 spiro atoms. The lowest BCUT2D eigenvalue weighted by molar-refractivity contribution is 0.289. The quantitative estimate of drug-likeness (QED) is 0.711. The molecule has 0 saturated carbocycles. The van der Waals surface area contributed by atoms with Gasteiger partial charge in [0.15, 0.2) is 0 Å². The fourth-order valence-electron chi connectivity index (χ4n) is 1.89. The van der Waals surface area contributed by atoms with Crippen LogP contribution in [0.1, 0.15) is 26.2 Å². The van der Waals surface area contributed by atoms with Gasteiger partial charge in [0.1, 0.15) is 0 Å². The first-order chi connectivity index (χ1) is 7.29. The van der Waals surface area contributed by atoms with Gasteiger partial charge < -0.3 is 10.2 Å². The maximum absolute atomic E-state index is 3.71. The summed E-state index contributed by atoms with van der Waals surface area (Å²) >= 11 is 0. The molecule has 0 radical (unpaired) electrons. The highest BCUT2D eigenvalue weighted by atomic mass is 15.1. The van der Waals surface area contributed by atoms with E-state index in [-0.39, 0.29) is 0 Å². The number of allylic oxidation sites excluding steroid dienone is 4. The Morgan fingerprint density at radius 3 is 2.47 bits per heavy atom. The average molecular weight is 206 g/mol. The first-order valence-electron chi connectivity index (χ1n) is 5.72. The number of nitrogens with zero attached hydrogens (tertiary/aromatic N) is 1. The molecule has 1 aliphatic rings.